The van der Waals surface area contributed by atoms with Crippen molar-refractivity contribution in [3.05, 3.63) is 64.5 Å². The SMILES string of the molecule is N#CN1C(c2ccc(Cl)cc2)=CSc2ccccc21. The highest BCUT2D eigenvalue weighted by atomic mass is 35.5. The zero-order valence-corrected chi connectivity index (χ0v) is 11.4. The Labute approximate surface area is 120 Å². The highest BCUT2D eigenvalue weighted by Gasteiger charge is 2.21. The van der Waals surface area contributed by atoms with Crippen LogP contribution in [0, 0.1) is 11.5 Å². The van der Waals surface area contributed by atoms with Crippen LogP contribution in [-0.2, 0) is 0 Å². The number of rotatable bonds is 1. The Hall–Kier alpha value is -1.89. The third-order valence-corrected chi connectivity index (χ3v) is 4.08. The van der Waals surface area contributed by atoms with E-state index in [1.165, 1.54) is 0 Å². The lowest BCUT2D eigenvalue weighted by Gasteiger charge is -2.25. The molecule has 0 spiro atoms. The summed E-state index contributed by atoms with van der Waals surface area (Å²) in [6.45, 7) is 0. The molecule has 2 nitrogen and oxygen atoms in total. The molecule has 0 N–H and O–H groups in total. The first-order valence-electron chi connectivity index (χ1n) is 5.71. The van der Waals surface area contributed by atoms with Gasteiger partial charge in [-0.3, -0.25) is 0 Å². The first-order chi connectivity index (χ1) is 9.29. The predicted octanol–water partition coefficient (Wildman–Crippen LogP) is 4.73. The van der Waals surface area contributed by atoms with Crippen LogP contribution in [0.4, 0.5) is 5.69 Å². The van der Waals surface area contributed by atoms with Crippen LogP contribution in [-0.4, -0.2) is 0 Å². The lowest BCUT2D eigenvalue weighted by molar-refractivity contribution is 1.23. The van der Waals surface area contributed by atoms with Gasteiger partial charge in [-0.1, -0.05) is 47.6 Å². The summed E-state index contributed by atoms with van der Waals surface area (Å²) in [4.78, 5) is 2.73. The molecule has 0 unspecified atom stereocenters. The van der Waals surface area contributed by atoms with Crippen LogP contribution in [0.15, 0.2) is 58.8 Å². The number of nitriles is 1. The van der Waals surface area contributed by atoms with E-state index in [0.717, 1.165) is 21.8 Å². The summed E-state index contributed by atoms with van der Waals surface area (Å²) >= 11 is 7.53. The summed E-state index contributed by atoms with van der Waals surface area (Å²) in [5.41, 5.74) is 2.78. The normalized spacial score (nSPS) is 13.5. The molecule has 0 atom stereocenters. The molecule has 4 heteroatoms. The molecule has 1 heterocycles. The number of halogens is 1. The van der Waals surface area contributed by atoms with Crippen molar-refractivity contribution < 1.29 is 0 Å². The van der Waals surface area contributed by atoms with Gasteiger partial charge in [0.1, 0.15) is 0 Å². The van der Waals surface area contributed by atoms with Crippen LogP contribution in [0.5, 0.6) is 0 Å². The van der Waals surface area contributed by atoms with Crippen molar-refractivity contribution in [1.82, 2.24) is 0 Å². The van der Waals surface area contributed by atoms with Crippen LogP contribution < -0.4 is 4.90 Å². The third-order valence-electron chi connectivity index (χ3n) is 2.88. The molecule has 2 aromatic rings. The van der Waals surface area contributed by atoms with Gasteiger partial charge in [-0.25, -0.2) is 4.90 Å². The second-order valence-electron chi connectivity index (χ2n) is 4.03. The smallest absolute Gasteiger partial charge is 0.189 e. The minimum atomic E-state index is 0.691. The molecule has 0 aromatic heterocycles. The average Bonchev–Trinajstić information content (AvgIpc) is 2.47. The summed E-state index contributed by atoms with van der Waals surface area (Å²) in [5.74, 6) is 0. The van der Waals surface area contributed by atoms with Crippen LogP contribution >= 0.6 is 23.4 Å². The van der Waals surface area contributed by atoms with E-state index >= 15 is 0 Å². The summed E-state index contributed by atoms with van der Waals surface area (Å²) < 4.78 is 0. The largest absolute Gasteiger partial charge is 0.245 e. The van der Waals surface area contributed by atoms with Crippen molar-refractivity contribution in [1.29, 1.82) is 5.26 Å². The maximum absolute atomic E-state index is 9.42. The van der Waals surface area contributed by atoms with Crippen molar-refractivity contribution in [2.24, 2.45) is 0 Å². The zero-order chi connectivity index (χ0) is 13.2. The summed E-state index contributed by atoms with van der Waals surface area (Å²) in [6, 6.07) is 15.4. The molecule has 0 saturated heterocycles. The number of nitrogens with zero attached hydrogens (tertiary/aromatic N) is 2. The molecule has 2 aromatic carbocycles. The third kappa shape index (κ3) is 2.21. The second-order valence-corrected chi connectivity index (χ2v) is 5.38. The molecule has 0 aliphatic carbocycles. The van der Waals surface area contributed by atoms with E-state index in [1.807, 2.05) is 53.9 Å². The van der Waals surface area contributed by atoms with E-state index in [1.54, 1.807) is 16.7 Å². The summed E-state index contributed by atoms with van der Waals surface area (Å²) in [5, 5.41) is 12.1. The number of fused-ring (bicyclic) bond motifs is 1. The van der Waals surface area contributed by atoms with Gasteiger partial charge in [0, 0.05) is 15.3 Å². The van der Waals surface area contributed by atoms with Crippen LogP contribution in [0.3, 0.4) is 0 Å². The fraction of sp³-hybridized carbons (Fsp3) is 0. The zero-order valence-electron chi connectivity index (χ0n) is 9.88. The molecule has 3 rings (SSSR count). The van der Waals surface area contributed by atoms with Crippen molar-refractivity contribution in [2.45, 2.75) is 4.90 Å². The minimum Gasteiger partial charge on any atom is -0.245 e. The minimum absolute atomic E-state index is 0.691. The Morgan fingerprint density at radius 2 is 1.79 bits per heavy atom. The number of hydrogen-bond acceptors (Lipinski definition) is 3. The molecule has 92 valence electrons. The predicted molar refractivity (Wildman–Crippen MR) is 79.8 cm³/mol. The maximum Gasteiger partial charge on any atom is 0.189 e. The Morgan fingerprint density at radius 1 is 1.05 bits per heavy atom. The highest BCUT2D eigenvalue weighted by molar-refractivity contribution is 8.02. The number of hydrogen-bond donors (Lipinski definition) is 0. The van der Waals surface area contributed by atoms with Crippen molar-refractivity contribution in [3.63, 3.8) is 0 Å². The lowest BCUT2D eigenvalue weighted by Crippen LogP contribution is -2.17. The van der Waals surface area contributed by atoms with Gasteiger partial charge in [0.2, 0.25) is 0 Å². The first-order valence-corrected chi connectivity index (χ1v) is 6.97. The first kappa shape index (κ1) is 12.2. The van der Waals surface area contributed by atoms with Crippen molar-refractivity contribution >= 4 is 34.7 Å². The van der Waals surface area contributed by atoms with Gasteiger partial charge in [0.25, 0.3) is 0 Å². The molecule has 1 aliphatic heterocycles. The fourth-order valence-electron chi connectivity index (χ4n) is 1.97. The molecular formula is C15H9ClN2S. The standard InChI is InChI=1S/C15H9ClN2S/c16-12-7-5-11(6-8-12)14-9-19-15-4-2-1-3-13(15)18(14)10-17/h1-9H. The van der Waals surface area contributed by atoms with Gasteiger partial charge in [-0.15, -0.1) is 0 Å². The molecular weight excluding hydrogens is 276 g/mol. The molecule has 0 bridgehead atoms. The van der Waals surface area contributed by atoms with Gasteiger partial charge >= 0.3 is 0 Å². The average molecular weight is 285 g/mol. The van der Waals surface area contributed by atoms with Crippen LogP contribution in [0.25, 0.3) is 5.70 Å². The Kier molecular flexibility index (Phi) is 3.20. The number of thioether (sulfide) groups is 1. The molecule has 0 amide bonds. The number of anilines is 1. The van der Waals surface area contributed by atoms with E-state index in [2.05, 4.69) is 6.19 Å². The van der Waals surface area contributed by atoms with Gasteiger partial charge < -0.3 is 0 Å². The topological polar surface area (TPSA) is 27.0 Å². The van der Waals surface area contributed by atoms with Crippen molar-refractivity contribution in [3.8, 4) is 6.19 Å². The van der Waals surface area contributed by atoms with Crippen molar-refractivity contribution in [2.75, 3.05) is 4.90 Å². The van der Waals surface area contributed by atoms with E-state index in [4.69, 9.17) is 11.6 Å². The summed E-state index contributed by atoms with van der Waals surface area (Å²) in [7, 11) is 0. The van der Waals surface area contributed by atoms with Gasteiger partial charge in [0.05, 0.1) is 11.4 Å². The van der Waals surface area contributed by atoms with E-state index < -0.39 is 0 Å². The maximum atomic E-state index is 9.42. The molecule has 1 aliphatic rings. The Balaban J connectivity index is 2.07. The van der Waals surface area contributed by atoms with Crippen LogP contribution in [0.2, 0.25) is 5.02 Å². The van der Waals surface area contributed by atoms with E-state index in [-0.39, 0.29) is 0 Å². The van der Waals surface area contributed by atoms with Gasteiger partial charge in [-0.2, -0.15) is 5.26 Å². The van der Waals surface area contributed by atoms with E-state index in [0.29, 0.717) is 5.02 Å². The van der Waals surface area contributed by atoms with Gasteiger partial charge in [0.15, 0.2) is 6.19 Å². The van der Waals surface area contributed by atoms with Gasteiger partial charge in [-0.05, 0) is 29.8 Å². The van der Waals surface area contributed by atoms with E-state index in [9.17, 15) is 5.26 Å². The quantitative estimate of drug-likeness (QED) is 0.708. The number of para-hydroxylation sites is 1. The molecule has 19 heavy (non-hydrogen) atoms. The Morgan fingerprint density at radius 3 is 2.53 bits per heavy atom. The van der Waals surface area contributed by atoms with Crippen LogP contribution in [0.1, 0.15) is 5.56 Å². The fourth-order valence-corrected chi connectivity index (χ4v) is 3.01. The molecule has 0 saturated carbocycles. The summed E-state index contributed by atoms with van der Waals surface area (Å²) in [6.07, 6.45) is 2.24. The molecule has 0 fully saturated rings. The monoisotopic (exact) mass is 284 g/mol. The highest BCUT2D eigenvalue weighted by Crippen LogP contribution is 2.41. The second kappa shape index (κ2) is 5.00. The Bertz CT molecular complexity index is 686. The molecule has 0 radical (unpaired) electrons. The number of benzene rings is 2. The lowest BCUT2D eigenvalue weighted by atomic mass is 10.1.